The van der Waals surface area contributed by atoms with Crippen LogP contribution >= 0.6 is 47.5 Å². The normalized spacial score (nSPS) is 2.67. The van der Waals surface area contributed by atoms with Crippen LogP contribution in [0.5, 0.6) is 0 Å². The number of rotatable bonds is 0. The summed E-state index contributed by atoms with van der Waals surface area (Å²) in [4.78, 5) is 0. The Kier molecular flexibility index (Phi) is 728. The Morgan fingerprint density at radius 2 is 0.444 bits per heavy atom. The molecule has 4 nitrogen and oxygen atoms in total. The van der Waals surface area contributed by atoms with E-state index >= 15 is 0 Å². The van der Waals surface area contributed by atoms with Gasteiger partial charge in [-0.3, -0.25) is 0 Å². The molecule has 9 heteroatoms. The van der Waals surface area contributed by atoms with Gasteiger partial charge in [0, 0.05) is 0 Å². The van der Waals surface area contributed by atoms with E-state index in [0.29, 0.717) is 0 Å². The molecule has 0 atom stereocenters. The molecule has 0 aromatic rings. The van der Waals surface area contributed by atoms with Crippen molar-refractivity contribution in [2.75, 3.05) is 0 Å². The minimum Gasteiger partial charge on any atom is -0.769 e. The molecule has 0 bridgehead atoms. The van der Waals surface area contributed by atoms with Crippen molar-refractivity contribution in [1.29, 1.82) is 0 Å². The van der Waals surface area contributed by atoms with E-state index < -0.39 is 0 Å². The number of halogens is 4. The fraction of sp³-hybridized carbons (Fsp3) is 0. The van der Waals surface area contributed by atoms with Gasteiger partial charge >= 0.3 is 27.3 Å². The summed E-state index contributed by atoms with van der Waals surface area (Å²) in [5.41, 5.74) is 0. The van der Waals surface area contributed by atoms with Gasteiger partial charge in [0.1, 0.15) is 0 Å². The Balaban J connectivity index is -0.00000000762. The van der Waals surface area contributed by atoms with E-state index in [1.165, 1.54) is 0 Å². The molecule has 0 saturated heterocycles. The van der Waals surface area contributed by atoms with Gasteiger partial charge in [0.05, 0.1) is 0 Å². The average Bonchev–Trinajstić information content (AvgIpc) is 2.03. The quantitative estimate of drug-likeness (QED) is 0.415. The van der Waals surface area contributed by atoms with E-state index in [1.807, 2.05) is 0 Å². The van der Waals surface area contributed by atoms with Crippen molar-refractivity contribution in [2.45, 2.75) is 0 Å². The van der Waals surface area contributed by atoms with Crippen LogP contribution in [0.1, 0.15) is 0 Å². The van der Waals surface area contributed by atoms with E-state index in [4.69, 9.17) is 18.6 Å². The van der Waals surface area contributed by atoms with Crippen molar-refractivity contribution in [3.8, 4) is 0 Å². The van der Waals surface area contributed by atoms with Crippen LogP contribution in [0.2, 0.25) is 0 Å². The summed E-state index contributed by atoms with van der Waals surface area (Å²) in [5.74, 6) is 0. The summed E-state index contributed by atoms with van der Waals surface area (Å²) in [6.45, 7) is 0. The number of hydrogen-bond donors (Lipinski definition) is 0. The van der Waals surface area contributed by atoms with Crippen LogP contribution in [0, 0.1) is 0 Å². The Morgan fingerprint density at radius 3 is 0.444 bits per heavy atom. The molecule has 56 valence electrons. The molecule has 0 heterocycles. The molecular formula is Cl4O4Pb. The molecule has 0 aliphatic rings. The van der Waals surface area contributed by atoms with E-state index in [9.17, 15) is 0 Å². The maximum Gasteiger partial charge on any atom is 4.00 e. The van der Waals surface area contributed by atoms with Crippen LogP contribution in [0.4, 0.5) is 0 Å². The van der Waals surface area contributed by atoms with E-state index in [2.05, 4.69) is 47.5 Å². The van der Waals surface area contributed by atoms with Crippen molar-refractivity contribution in [2.24, 2.45) is 0 Å². The summed E-state index contributed by atoms with van der Waals surface area (Å²) in [6, 6.07) is 0. The number of hydrogen-bond acceptors (Lipinski definition) is 4. The minimum absolute atomic E-state index is 0. The molecule has 0 amide bonds. The largest absolute Gasteiger partial charge is 4.00 e. The summed E-state index contributed by atoms with van der Waals surface area (Å²) in [5, 5.41) is 0. The van der Waals surface area contributed by atoms with Gasteiger partial charge in [0.15, 0.2) is 0 Å². The average molecular weight is 413 g/mol. The first-order valence-electron chi connectivity index (χ1n) is 0.617. The van der Waals surface area contributed by atoms with Crippen molar-refractivity contribution in [3.05, 3.63) is 0 Å². The van der Waals surface area contributed by atoms with Crippen LogP contribution < -0.4 is 18.6 Å². The molecule has 0 fully saturated rings. The van der Waals surface area contributed by atoms with Crippen LogP contribution in [-0.2, 0) is 0 Å². The SMILES string of the molecule is [O-]Cl.[O-]Cl.[O-]Cl.[O-]Cl.[Pb+4]. The summed E-state index contributed by atoms with van der Waals surface area (Å²) < 4.78 is 30.9. The van der Waals surface area contributed by atoms with Crippen LogP contribution in [0.15, 0.2) is 0 Å². The molecule has 0 aliphatic heterocycles. The second kappa shape index (κ2) is 214. The molecule has 0 unspecified atom stereocenters. The molecule has 0 aliphatic carbocycles. The summed E-state index contributed by atoms with van der Waals surface area (Å²) in [7, 11) is 0. The van der Waals surface area contributed by atoms with Gasteiger partial charge in [-0.25, -0.2) is 47.5 Å². The molecular weight excluding hydrogens is 413 g/mol. The van der Waals surface area contributed by atoms with Gasteiger partial charge in [0.25, 0.3) is 0 Å². The van der Waals surface area contributed by atoms with Crippen molar-refractivity contribution >= 4 is 74.8 Å². The fourth-order valence-corrected chi connectivity index (χ4v) is 0. The summed E-state index contributed by atoms with van der Waals surface area (Å²) in [6.07, 6.45) is 0. The van der Waals surface area contributed by atoms with Crippen molar-refractivity contribution < 1.29 is 18.6 Å². The zero-order valence-corrected chi connectivity index (χ0v) is 10.6. The zero-order valence-electron chi connectivity index (χ0n) is 3.64. The topological polar surface area (TPSA) is 92.2 Å². The third-order valence-corrected chi connectivity index (χ3v) is 0. The van der Waals surface area contributed by atoms with Gasteiger partial charge in [-0.15, -0.1) is 0 Å². The summed E-state index contributed by atoms with van der Waals surface area (Å²) >= 11 is 13.6. The molecule has 0 aromatic heterocycles. The van der Waals surface area contributed by atoms with Crippen molar-refractivity contribution in [1.82, 2.24) is 0 Å². The second-order valence-corrected chi connectivity index (χ2v) is 0. The van der Waals surface area contributed by atoms with Crippen LogP contribution in [-0.4, -0.2) is 27.3 Å². The molecule has 0 rings (SSSR count). The molecule has 0 spiro atoms. The van der Waals surface area contributed by atoms with Gasteiger partial charge in [0.2, 0.25) is 0 Å². The standard InChI is InChI=1S/4ClO.Pb/c4*1-2;/q4*-1;+4. The van der Waals surface area contributed by atoms with E-state index in [0.717, 1.165) is 0 Å². The molecule has 9 heavy (non-hydrogen) atoms. The fourth-order valence-electron chi connectivity index (χ4n) is 0. The minimum atomic E-state index is 0. The van der Waals surface area contributed by atoms with Gasteiger partial charge in [-0.1, -0.05) is 0 Å². The first kappa shape index (κ1) is 30.7. The monoisotopic (exact) mass is 412 g/mol. The second-order valence-electron chi connectivity index (χ2n) is 0. The Hall–Kier alpha value is 1.92. The molecule has 0 N–H and O–H groups in total. The van der Waals surface area contributed by atoms with Gasteiger partial charge in [-0.05, 0) is 0 Å². The Morgan fingerprint density at radius 1 is 0.444 bits per heavy atom. The molecule has 0 aromatic carbocycles. The van der Waals surface area contributed by atoms with E-state index in [-0.39, 0.29) is 27.3 Å². The maximum absolute atomic E-state index is 7.72. The van der Waals surface area contributed by atoms with Crippen molar-refractivity contribution in [3.63, 3.8) is 0 Å². The van der Waals surface area contributed by atoms with Gasteiger partial charge < -0.3 is 18.6 Å². The smallest absolute Gasteiger partial charge is 0.769 e. The zero-order chi connectivity index (χ0) is 8.00. The van der Waals surface area contributed by atoms with Gasteiger partial charge in [-0.2, -0.15) is 0 Å². The Bertz CT molecular complexity index is 12.5. The van der Waals surface area contributed by atoms with Crippen LogP contribution in [0.25, 0.3) is 0 Å². The maximum atomic E-state index is 7.72. The third-order valence-electron chi connectivity index (χ3n) is 0. The third kappa shape index (κ3) is 169. The van der Waals surface area contributed by atoms with Crippen LogP contribution in [0.3, 0.4) is 0 Å². The Labute approximate surface area is 92.8 Å². The first-order chi connectivity index (χ1) is 4.00. The predicted octanol–water partition coefficient (Wildman–Crippen LogP) is -2.38. The first-order valence-corrected chi connectivity index (χ1v) is 1.85. The van der Waals surface area contributed by atoms with E-state index in [1.54, 1.807) is 0 Å². The molecule has 0 saturated carbocycles. The molecule has 0 radical (unpaired) electrons. The predicted molar refractivity (Wildman–Crippen MR) is 29.2 cm³/mol.